The van der Waals surface area contributed by atoms with Crippen LogP contribution < -0.4 is 21.5 Å². The first-order valence-electron chi connectivity index (χ1n) is 15.9. The second-order valence-electron chi connectivity index (χ2n) is 11.2. The molecule has 0 radical (unpaired) electrons. The minimum Gasteiger partial charge on any atom is -0.468 e. The van der Waals surface area contributed by atoms with Crippen molar-refractivity contribution in [3.63, 3.8) is 0 Å². The van der Waals surface area contributed by atoms with Gasteiger partial charge in [-0.3, -0.25) is 15.6 Å². The molecule has 0 saturated carbocycles. The third-order valence-electron chi connectivity index (χ3n) is 7.72. The van der Waals surface area contributed by atoms with Crippen molar-refractivity contribution in [2.75, 3.05) is 21.5 Å². The number of nitrogens with one attached hydrogen (secondary N) is 4. The Morgan fingerprint density at radius 1 is 0.558 bits per heavy atom. The summed E-state index contributed by atoms with van der Waals surface area (Å²) in [4.78, 5) is 15.3. The summed E-state index contributed by atoms with van der Waals surface area (Å²) in [5.74, 6) is 3.65. The number of ketones is 1. The van der Waals surface area contributed by atoms with Crippen LogP contribution in [0.1, 0.15) is 34.5 Å². The molecular formula is C41H30Cl2N6O3. The molecule has 4 aromatic carbocycles. The van der Waals surface area contributed by atoms with Crippen molar-refractivity contribution in [3.05, 3.63) is 167 Å². The lowest BCUT2D eigenvalue weighted by molar-refractivity contribution is -0.119. The summed E-state index contributed by atoms with van der Waals surface area (Å²) in [5.41, 5.74) is 9.99. The minimum absolute atomic E-state index is 0.211. The fourth-order valence-corrected chi connectivity index (χ4v) is 5.37. The molecule has 0 aliphatic carbocycles. The van der Waals surface area contributed by atoms with E-state index in [0.29, 0.717) is 55.4 Å². The maximum Gasteiger partial charge on any atom is 0.169 e. The lowest BCUT2D eigenvalue weighted by Crippen LogP contribution is -2.37. The van der Waals surface area contributed by atoms with Crippen LogP contribution in [0.4, 0.5) is 22.7 Å². The number of halogens is 2. The lowest BCUT2D eigenvalue weighted by atomic mass is 9.87. The number of hydrogen-bond acceptors (Lipinski definition) is 7. The third kappa shape index (κ3) is 8.92. The van der Waals surface area contributed by atoms with Crippen LogP contribution in [-0.2, 0) is 4.79 Å². The SMILES string of the molecule is C#Cc1ccc(NC(=NNc2ccc(Cl)cc2)C(C(=O)C(C(=NNc2ccc(Cl)cc2)Nc2ccc(C#C)cc2)c2ccco2)c2ccco2)cc1. The Morgan fingerprint density at radius 3 is 1.25 bits per heavy atom. The Bertz CT molecular complexity index is 2070. The zero-order chi connectivity index (χ0) is 36.3. The van der Waals surface area contributed by atoms with E-state index in [2.05, 4.69) is 33.3 Å². The second kappa shape index (κ2) is 16.8. The number of nitrogens with zero attached hydrogens (tertiary/aromatic N) is 2. The number of hydrazone groups is 2. The molecule has 0 aliphatic rings. The highest BCUT2D eigenvalue weighted by molar-refractivity contribution is 6.31. The first kappa shape index (κ1) is 35.2. The summed E-state index contributed by atoms with van der Waals surface area (Å²) >= 11 is 12.3. The van der Waals surface area contributed by atoms with Crippen molar-refractivity contribution in [1.29, 1.82) is 0 Å². The van der Waals surface area contributed by atoms with Gasteiger partial charge in [-0.05, 0) is 121 Å². The summed E-state index contributed by atoms with van der Waals surface area (Å²) in [6, 6.07) is 35.1. The van der Waals surface area contributed by atoms with Crippen LogP contribution in [-0.4, -0.2) is 17.5 Å². The molecule has 0 spiro atoms. The van der Waals surface area contributed by atoms with Gasteiger partial charge in [-0.15, -0.1) is 12.8 Å². The van der Waals surface area contributed by atoms with Crippen molar-refractivity contribution in [2.45, 2.75) is 11.8 Å². The first-order valence-corrected chi connectivity index (χ1v) is 16.6. The van der Waals surface area contributed by atoms with Gasteiger partial charge in [-0.25, -0.2) is 0 Å². The van der Waals surface area contributed by atoms with Gasteiger partial charge in [0.15, 0.2) is 5.78 Å². The molecule has 0 saturated heterocycles. The molecule has 0 bridgehead atoms. The molecule has 11 heteroatoms. The lowest BCUT2D eigenvalue weighted by Gasteiger charge is -2.24. The van der Waals surface area contributed by atoms with Gasteiger partial charge in [-0.2, -0.15) is 10.2 Å². The first-order chi connectivity index (χ1) is 25.4. The van der Waals surface area contributed by atoms with Crippen LogP contribution in [0, 0.1) is 24.7 Å². The number of carbonyl (C=O) groups is 1. The summed E-state index contributed by atoms with van der Waals surface area (Å²) in [6.45, 7) is 0. The third-order valence-corrected chi connectivity index (χ3v) is 8.22. The van der Waals surface area contributed by atoms with Gasteiger partial charge in [0, 0.05) is 32.5 Å². The maximum absolute atomic E-state index is 15.3. The molecule has 9 nitrogen and oxygen atoms in total. The zero-order valence-electron chi connectivity index (χ0n) is 27.4. The average Bonchev–Trinajstić information content (AvgIpc) is 3.91. The molecule has 2 unspecified atom stereocenters. The van der Waals surface area contributed by atoms with E-state index in [1.54, 1.807) is 121 Å². The largest absolute Gasteiger partial charge is 0.468 e. The maximum atomic E-state index is 15.3. The van der Waals surface area contributed by atoms with Crippen molar-refractivity contribution in [2.24, 2.45) is 10.2 Å². The topological polar surface area (TPSA) is 116 Å². The Hall–Kier alpha value is -6.65. The Morgan fingerprint density at radius 2 is 0.923 bits per heavy atom. The van der Waals surface area contributed by atoms with Crippen LogP contribution in [0.15, 0.2) is 153 Å². The fourth-order valence-electron chi connectivity index (χ4n) is 5.12. The molecule has 256 valence electrons. The molecule has 0 aliphatic heterocycles. The normalized spacial score (nSPS) is 12.5. The number of hydrogen-bond donors (Lipinski definition) is 4. The molecule has 52 heavy (non-hydrogen) atoms. The van der Waals surface area contributed by atoms with E-state index in [4.69, 9.17) is 55.1 Å². The fraction of sp³-hybridized carbons (Fsp3) is 0.0488. The number of terminal acetylenes is 2. The van der Waals surface area contributed by atoms with Crippen LogP contribution in [0.3, 0.4) is 0 Å². The van der Waals surface area contributed by atoms with Gasteiger partial charge in [-0.1, -0.05) is 35.0 Å². The number of anilines is 4. The number of amidine groups is 2. The van der Waals surface area contributed by atoms with Gasteiger partial charge >= 0.3 is 0 Å². The molecule has 4 N–H and O–H groups in total. The Kier molecular flexibility index (Phi) is 11.4. The smallest absolute Gasteiger partial charge is 0.169 e. The summed E-state index contributed by atoms with van der Waals surface area (Å²) in [7, 11) is 0. The van der Waals surface area contributed by atoms with Crippen LogP contribution in [0.5, 0.6) is 0 Å². The van der Waals surface area contributed by atoms with E-state index in [0.717, 1.165) is 0 Å². The van der Waals surface area contributed by atoms with Crippen molar-refractivity contribution in [3.8, 4) is 24.7 Å². The van der Waals surface area contributed by atoms with Gasteiger partial charge in [0.1, 0.15) is 35.0 Å². The monoisotopic (exact) mass is 724 g/mol. The van der Waals surface area contributed by atoms with Gasteiger partial charge in [0.2, 0.25) is 0 Å². The van der Waals surface area contributed by atoms with E-state index in [1.165, 1.54) is 12.5 Å². The quantitative estimate of drug-likeness (QED) is 0.0430. The van der Waals surface area contributed by atoms with E-state index < -0.39 is 17.6 Å². The predicted molar refractivity (Wildman–Crippen MR) is 209 cm³/mol. The molecule has 6 aromatic rings. The molecular weight excluding hydrogens is 695 g/mol. The molecule has 0 amide bonds. The average molecular weight is 726 g/mol. The number of furan rings is 2. The predicted octanol–water partition coefficient (Wildman–Crippen LogP) is 9.65. The number of benzene rings is 4. The highest BCUT2D eigenvalue weighted by Crippen LogP contribution is 2.32. The van der Waals surface area contributed by atoms with Gasteiger partial charge < -0.3 is 19.5 Å². The standard InChI is InChI=1S/C41H30Cl2N6O3/c1-3-27-9-17-31(18-10-27)44-40(48-46-33-21-13-29(42)14-22-33)37(35-7-5-25-51-35)39(50)38(36-8-6-26-52-36)41(45-32-19-11-28(4-2)12-20-32)49-47-34-23-15-30(43)16-24-34/h1-2,5-26,37-38,46-47H,(H,44,48)(H,45,49). The van der Waals surface area contributed by atoms with Crippen LogP contribution in [0.2, 0.25) is 10.0 Å². The van der Waals surface area contributed by atoms with Crippen molar-refractivity contribution >= 4 is 63.4 Å². The number of carbonyl (C=O) groups excluding carboxylic acids is 1. The summed E-state index contributed by atoms with van der Waals surface area (Å²) in [6.07, 6.45) is 14.2. The van der Waals surface area contributed by atoms with Gasteiger partial charge in [0.05, 0.1) is 23.9 Å². The van der Waals surface area contributed by atoms with E-state index in [1.807, 2.05) is 0 Å². The zero-order valence-corrected chi connectivity index (χ0v) is 28.9. The Labute approximate surface area is 310 Å². The summed E-state index contributed by atoms with van der Waals surface area (Å²) < 4.78 is 11.8. The van der Waals surface area contributed by atoms with E-state index >= 15 is 4.79 Å². The number of rotatable bonds is 12. The van der Waals surface area contributed by atoms with E-state index in [9.17, 15) is 0 Å². The van der Waals surface area contributed by atoms with Crippen LogP contribution >= 0.6 is 23.2 Å². The molecule has 2 aromatic heterocycles. The second-order valence-corrected chi connectivity index (χ2v) is 12.1. The van der Waals surface area contributed by atoms with E-state index in [-0.39, 0.29) is 11.7 Å². The van der Waals surface area contributed by atoms with Crippen LogP contribution in [0.25, 0.3) is 0 Å². The van der Waals surface area contributed by atoms with Crippen molar-refractivity contribution in [1.82, 2.24) is 0 Å². The highest BCUT2D eigenvalue weighted by atomic mass is 35.5. The number of Topliss-reactive ketones (excluding diaryl/α,β-unsaturated/α-hetero) is 1. The summed E-state index contributed by atoms with van der Waals surface area (Å²) in [5, 5.41) is 17.2. The molecule has 6 rings (SSSR count). The Balaban J connectivity index is 1.47. The highest BCUT2D eigenvalue weighted by Gasteiger charge is 2.40. The van der Waals surface area contributed by atoms with Crippen molar-refractivity contribution < 1.29 is 13.6 Å². The molecule has 0 fully saturated rings. The minimum atomic E-state index is -1.12. The molecule has 2 heterocycles. The molecule has 2 atom stereocenters. The van der Waals surface area contributed by atoms with Gasteiger partial charge in [0.25, 0.3) is 0 Å².